The highest BCUT2D eigenvalue weighted by molar-refractivity contribution is 7.98. The molecule has 10 nitrogen and oxygen atoms in total. The number of rotatable bonds is 11. The van der Waals surface area contributed by atoms with Gasteiger partial charge in [0, 0.05) is 49.6 Å². The number of amides is 2. The largest absolute Gasteiger partial charge is 0.382 e. The fourth-order valence-corrected chi connectivity index (χ4v) is 4.62. The van der Waals surface area contributed by atoms with Gasteiger partial charge in [0.15, 0.2) is 5.16 Å². The third-order valence-electron chi connectivity index (χ3n) is 5.96. The number of nitrogens with one attached hydrogen (secondary N) is 1. The third-order valence-corrected chi connectivity index (χ3v) is 6.84. The van der Waals surface area contributed by atoms with E-state index in [1.54, 1.807) is 36.2 Å². The molecule has 0 atom stereocenters. The predicted molar refractivity (Wildman–Crippen MR) is 153 cm³/mol. The molecule has 11 heteroatoms. The molecule has 0 aliphatic heterocycles. The number of nitriles is 1. The molecule has 39 heavy (non-hydrogen) atoms. The van der Waals surface area contributed by atoms with Crippen molar-refractivity contribution in [1.29, 1.82) is 5.26 Å². The van der Waals surface area contributed by atoms with E-state index >= 15 is 0 Å². The van der Waals surface area contributed by atoms with E-state index in [9.17, 15) is 14.9 Å². The topological polar surface area (TPSA) is 164 Å². The number of pyridine rings is 1. The molecule has 2 heterocycles. The second kappa shape index (κ2) is 13.2. The highest BCUT2D eigenvalue weighted by Gasteiger charge is 2.21. The van der Waals surface area contributed by atoms with Gasteiger partial charge in [-0.2, -0.15) is 5.26 Å². The van der Waals surface area contributed by atoms with Gasteiger partial charge in [0.05, 0.1) is 11.4 Å². The number of thioether (sulfide) groups is 1. The number of nitrogens with two attached hydrogens (primary N) is 2. The molecule has 3 aromatic rings. The van der Waals surface area contributed by atoms with Crippen LogP contribution in [0.15, 0.2) is 47.6 Å². The summed E-state index contributed by atoms with van der Waals surface area (Å²) >= 11 is 1.36. The predicted octanol–water partition coefficient (Wildman–Crippen LogP) is 3.62. The van der Waals surface area contributed by atoms with Crippen LogP contribution >= 0.6 is 11.8 Å². The van der Waals surface area contributed by atoms with Gasteiger partial charge in [0.25, 0.3) is 0 Å². The van der Waals surface area contributed by atoms with Crippen molar-refractivity contribution in [1.82, 2.24) is 19.9 Å². The van der Waals surface area contributed by atoms with Gasteiger partial charge in [-0.3, -0.25) is 14.6 Å². The maximum Gasteiger partial charge on any atom is 0.222 e. The molecule has 0 aliphatic carbocycles. The molecule has 5 N–H and O–H groups in total. The Morgan fingerprint density at radius 1 is 1.10 bits per heavy atom. The van der Waals surface area contributed by atoms with Gasteiger partial charge >= 0.3 is 0 Å². The van der Waals surface area contributed by atoms with Crippen LogP contribution in [0.3, 0.4) is 0 Å². The van der Waals surface area contributed by atoms with E-state index in [4.69, 9.17) is 16.5 Å². The first-order valence-corrected chi connectivity index (χ1v) is 13.5. The van der Waals surface area contributed by atoms with E-state index in [2.05, 4.69) is 21.4 Å². The smallest absolute Gasteiger partial charge is 0.222 e. The number of aryl methyl sites for hydroxylation is 1. The average Bonchev–Trinajstić information content (AvgIpc) is 2.90. The molecule has 2 amide bonds. The van der Waals surface area contributed by atoms with E-state index in [1.165, 1.54) is 18.7 Å². The zero-order valence-electron chi connectivity index (χ0n) is 22.7. The number of anilines is 2. The van der Waals surface area contributed by atoms with Crippen LogP contribution in [0.1, 0.15) is 44.1 Å². The van der Waals surface area contributed by atoms with Gasteiger partial charge in [-0.05, 0) is 42.6 Å². The summed E-state index contributed by atoms with van der Waals surface area (Å²) in [7, 11) is 1.80. The molecule has 1 aromatic carbocycles. The van der Waals surface area contributed by atoms with Crippen molar-refractivity contribution in [3.63, 3.8) is 0 Å². The molecule has 0 radical (unpaired) electrons. The quantitative estimate of drug-likeness (QED) is 0.241. The Labute approximate surface area is 233 Å². The first kappa shape index (κ1) is 29.5. The number of hydrogen-bond acceptors (Lipinski definition) is 9. The summed E-state index contributed by atoms with van der Waals surface area (Å²) in [5, 5.41) is 12.8. The number of nitrogens with zero attached hydrogens (tertiary/aromatic N) is 5. The van der Waals surface area contributed by atoms with Crippen LogP contribution < -0.4 is 16.8 Å². The Bertz CT molecular complexity index is 1370. The number of carbonyl (C=O) groups excluding carboxylic acids is 2. The van der Waals surface area contributed by atoms with Gasteiger partial charge in [-0.15, -0.1) is 0 Å². The fraction of sp³-hybridized carbons (Fsp3) is 0.357. The maximum absolute atomic E-state index is 12.6. The van der Waals surface area contributed by atoms with E-state index in [1.807, 2.05) is 32.0 Å². The lowest BCUT2D eigenvalue weighted by Gasteiger charge is -2.29. The van der Waals surface area contributed by atoms with Crippen LogP contribution in [0.4, 0.5) is 11.5 Å². The molecule has 0 saturated heterocycles. The summed E-state index contributed by atoms with van der Waals surface area (Å²) in [4.78, 5) is 39.2. The first-order chi connectivity index (χ1) is 18.5. The van der Waals surface area contributed by atoms with Crippen LogP contribution in [0, 0.1) is 16.7 Å². The van der Waals surface area contributed by atoms with Gasteiger partial charge in [0.2, 0.25) is 11.8 Å². The number of benzene rings is 1. The number of nitrogen functional groups attached to an aromatic ring is 1. The molecule has 0 fully saturated rings. The van der Waals surface area contributed by atoms with Crippen LogP contribution in [-0.4, -0.2) is 51.8 Å². The molecule has 0 aliphatic rings. The van der Waals surface area contributed by atoms with E-state index in [-0.39, 0.29) is 28.6 Å². The zero-order chi connectivity index (χ0) is 28.6. The molecule has 204 valence electrons. The Morgan fingerprint density at radius 3 is 2.44 bits per heavy atom. The third kappa shape index (κ3) is 8.49. The summed E-state index contributed by atoms with van der Waals surface area (Å²) < 4.78 is 0. The second-order valence-electron chi connectivity index (χ2n) is 10.0. The highest BCUT2D eigenvalue weighted by Crippen LogP contribution is 2.29. The standard InChI is InChI=1S/C28H34N8O2S/c1-18(37)32-21-10-8-19(9-11-21)25-23(14-29)26(31)35-27(34-25)39-15-22-7-5-6-20(33-22)12-13-24(38)36(4)17-28(2,3)16-30/h5-11H,12-13,15-17,30H2,1-4H3,(H,32,37)(H2,31,34,35). The van der Waals surface area contributed by atoms with Crippen LogP contribution in [0.2, 0.25) is 0 Å². The van der Waals surface area contributed by atoms with Crippen molar-refractivity contribution in [3.05, 3.63) is 59.4 Å². The molecule has 0 unspecified atom stereocenters. The van der Waals surface area contributed by atoms with Crippen molar-refractivity contribution in [3.8, 4) is 17.3 Å². The minimum Gasteiger partial charge on any atom is -0.382 e. The molecule has 3 rings (SSSR count). The lowest BCUT2D eigenvalue weighted by molar-refractivity contribution is -0.131. The normalized spacial score (nSPS) is 11.1. The maximum atomic E-state index is 12.6. The number of hydrogen-bond donors (Lipinski definition) is 3. The lowest BCUT2D eigenvalue weighted by atomic mass is 9.93. The molecule has 0 bridgehead atoms. The summed E-state index contributed by atoms with van der Waals surface area (Å²) in [6.07, 6.45) is 0.893. The van der Waals surface area contributed by atoms with Gasteiger partial charge in [0.1, 0.15) is 17.5 Å². The van der Waals surface area contributed by atoms with Gasteiger partial charge in [-0.1, -0.05) is 43.8 Å². The summed E-state index contributed by atoms with van der Waals surface area (Å²) in [6, 6.07) is 14.8. The van der Waals surface area contributed by atoms with Crippen molar-refractivity contribution in [2.45, 2.75) is 44.5 Å². The Balaban J connectivity index is 1.68. The van der Waals surface area contributed by atoms with Crippen LogP contribution in [0.5, 0.6) is 0 Å². The van der Waals surface area contributed by atoms with Gasteiger partial charge < -0.3 is 21.7 Å². The number of carbonyl (C=O) groups is 2. The van der Waals surface area contributed by atoms with E-state index in [0.717, 1.165) is 11.4 Å². The van der Waals surface area contributed by atoms with E-state index < -0.39 is 0 Å². The molecular formula is C28H34N8O2S. The minimum absolute atomic E-state index is 0.0530. The molecule has 0 spiro atoms. The first-order valence-electron chi connectivity index (χ1n) is 12.5. The molecule has 2 aromatic heterocycles. The van der Waals surface area contributed by atoms with Crippen LogP contribution in [-0.2, 0) is 21.8 Å². The molecular weight excluding hydrogens is 512 g/mol. The Kier molecular flexibility index (Phi) is 9.98. The Morgan fingerprint density at radius 2 is 1.79 bits per heavy atom. The highest BCUT2D eigenvalue weighted by atomic mass is 32.2. The second-order valence-corrected chi connectivity index (χ2v) is 11.0. The monoisotopic (exact) mass is 546 g/mol. The van der Waals surface area contributed by atoms with Crippen molar-refractivity contribution >= 4 is 35.1 Å². The van der Waals surface area contributed by atoms with Crippen molar-refractivity contribution < 1.29 is 9.59 Å². The van der Waals surface area contributed by atoms with Crippen molar-refractivity contribution in [2.75, 3.05) is 31.2 Å². The lowest BCUT2D eigenvalue weighted by Crippen LogP contribution is -2.39. The fourth-order valence-electron chi connectivity index (χ4n) is 3.86. The van der Waals surface area contributed by atoms with E-state index in [0.29, 0.717) is 53.8 Å². The van der Waals surface area contributed by atoms with Crippen LogP contribution in [0.25, 0.3) is 11.3 Å². The minimum atomic E-state index is -0.173. The van der Waals surface area contributed by atoms with Gasteiger partial charge in [-0.25, -0.2) is 9.97 Å². The SMILES string of the molecule is CC(=O)Nc1ccc(-c2nc(SCc3cccc(CCC(=O)N(C)CC(C)(C)CN)n3)nc(N)c2C#N)cc1. The molecule has 0 saturated carbocycles. The number of aromatic nitrogens is 3. The summed E-state index contributed by atoms with van der Waals surface area (Å²) in [6.45, 7) is 6.62. The average molecular weight is 547 g/mol. The summed E-state index contributed by atoms with van der Waals surface area (Å²) in [5.74, 6) is 0.461. The Hall–Kier alpha value is -4.01. The summed E-state index contributed by atoms with van der Waals surface area (Å²) in [5.41, 5.74) is 15.3. The van der Waals surface area contributed by atoms with Crippen molar-refractivity contribution in [2.24, 2.45) is 11.1 Å². The zero-order valence-corrected chi connectivity index (χ0v) is 23.5.